The van der Waals surface area contributed by atoms with Crippen LogP contribution >= 0.6 is 0 Å². The van der Waals surface area contributed by atoms with Crippen molar-refractivity contribution in [1.29, 1.82) is 0 Å². The summed E-state index contributed by atoms with van der Waals surface area (Å²) in [4.78, 5) is 37.5. The number of carbonyl (C=O) groups is 3. The summed E-state index contributed by atoms with van der Waals surface area (Å²) in [6.07, 6.45) is 8.75. The number of carbonyl (C=O) groups excluding carboxylic acids is 3. The second-order valence-electron chi connectivity index (χ2n) is 10.1. The maximum absolute atomic E-state index is 12.3. The van der Waals surface area contributed by atoms with E-state index in [2.05, 4.69) is 6.92 Å². The summed E-state index contributed by atoms with van der Waals surface area (Å²) in [5.41, 5.74) is 0.884. The number of benzene rings is 1. The van der Waals surface area contributed by atoms with Gasteiger partial charge in [0.15, 0.2) is 0 Å². The van der Waals surface area contributed by atoms with E-state index < -0.39 is 0 Å². The average Bonchev–Trinajstić information content (AvgIpc) is 3.26. The number of nitrogens with zero attached hydrogens (tertiary/aromatic N) is 1. The minimum Gasteiger partial charge on any atom is -0.463 e. The Morgan fingerprint density at radius 1 is 0.558 bits per heavy atom. The molecule has 1 aliphatic rings. The molecule has 0 saturated heterocycles. The molecular formula is C32H51NO10. The van der Waals surface area contributed by atoms with E-state index in [4.69, 9.17) is 33.2 Å². The Morgan fingerprint density at radius 2 is 0.953 bits per heavy atom. The normalized spacial score (nSPS) is 12.7. The fourth-order valence-electron chi connectivity index (χ4n) is 4.31. The first-order valence-corrected chi connectivity index (χ1v) is 15.7. The van der Waals surface area contributed by atoms with Crippen LogP contribution in [0.2, 0.25) is 0 Å². The lowest BCUT2D eigenvalue weighted by Crippen LogP contribution is -2.33. The zero-order valence-corrected chi connectivity index (χ0v) is 25.9. The van der Waals surface area contributed by atoms with E-state index in [9.17, 15) is 14.4 Å². The van der Waals surface area contributed by atoms with Crippen LogP contribution in [0.15, 0.2) is 24.3 Å². The molecule has 0 fully saturated rings. The lowest BCUT2D eigenvalue weighted by Gasteiger charge is -2.13. The van der Waals surface area contributed by atoms with E-state index in [1.165, 1.54) is 37.0 Å². The van der Waals surface area contributed by atoms with Crippen LogP contribution in [0.25, 0.3) is 0 Å². The van der Waals surface area contributed by atoms with Gasteiger partial charge in [-0.3, -0.25) is 19.3 Å². The molecular weight excluding hydrogens is 558 g/mol. The van der Waals surface area contributed by atoms with Crippen molar-refractivity contribution in [1.82, 2.24) is 4.90 Å². The van der Waals surface area contributed by atoms with E-state index in [1.807, 2.05) is 0 Å². The molecule has 0 bridgehead atoms. The lowest BCUT2D eigenvalue weighted by molar-refractivity contribution is -0.145. The standard InChI is InChI=1S/C32H51NO10/c1-2-3-4-5-6-7-8-13-30(34)43-27-26-42-25-24-41-23-22-40-21-20-39-19-18-38-17-16-37-15-14-33-31(35)28-11-9-10-12-29(28)32(33)36/h9-12H,2-8,13-27H2,1H3. The van der Waals surface area contributed by atoms with Crippen LogP contribution < -0.4 is 0 Å². The number of fused-ring (bicyclic) bond motifs is 1. The molecule has 1 aromatic carbocycles. The minimum absolute atomic E-state index is 0.149. The number of unbranched alkanes of at least 4 members (excludes halogenated alkanes) is 6. The van der Waals surface area contributed by atoms with Crippen LogP contribution in [0.1, 0.15) is 79.0 Å². The fraction of sp³-hybridized carbons (Fsp3) is 0.719. The Bertz CT molecular complexity index is 862. The van der Waals surface area contributed by atoms with Gasteiger partial charge in [-0.15, -0.1) is 0 Å². The first-order valence-electron chi connectivity index (χ1n) is 15.7. The van der Waals surface area contributed by atoms with Gasteiger partial charge in [-0.25, -0.2) is 0 Å². The molecule has 0 N–H and O–H groups in total. The van der Waals surface area contributed by atoms with Gasteiger partial charge in [0.2, 0.25) is 0 Å². The third-order valence-corrected chi connectivity index (χ3v) is 6.67. The zero-order chi connectivity index (χ0) is 30.8. The summed E-state index contributed by atoms with van der Waals surface area (Å²) in [5, 5.41) is 0. The third-order valence-electron chi connectivity index (χ3n) is 6.67. The van der Waals surface area contributed by atoms with E-state index in [0.717, 1.165) is 12.8 Å². The fourth-order valence-corrected chi connectivity index (χ4v) is 4.31. The van der Waals surface area contributed by atoms with Crippen molar-refractivity contribution in [2.24, 2.45) is 0 Å². The average molecular weight is 610 g/mol. The van der Waals surface area contributed by atoms with Gasteiger partial charge in [0.1, 0.15) is 6.61 Å². The summed E-state index contributed by atoms with van der Waals surface area (Å²) in [6, 6.07) is 6.82. The van der Waals surface area contributed by atoms with Crippen LogP contribution in [0.5, 0.6) is 0 Å². The number of rotatable bonds is 29. The summed E-state index contributed by atoms with van der Waals surface area (Å²) in [5.74, 6) is -0.704. The largest absolute Gasteiger partial charge is 0.463 e. The summed E-state index contributed by atoms with van der Waals surface area (Å²) >= 11 is 0. The summed E-state index contributed by atoms with van der Waals surface area (Å²) < 4.78 is 37.9. The summed E-state index contributed by atoms with van der Waals surface area (Å²) in [7, 11) is 0. The molecule has 0 spiro atoms. The van der Waals surface area contributed by atoms with E-state index >= 15 is 0 Å². The Labute approximate surface area is 256 Å². The van der Waals surface area contributed by atoms with Gasteiger partial charge in [0, 0.05) is 6.42 Å². The van der Waals surface area contributed by atoms with Gasteiger partial charge in [-0.2, -0.15) is 0 Å². The molecule has 244 valence electrons. The highest BCUT2D eigenvalue weighted by atomic mass is 16.6. The molecule has 0 saturated carbocycles. The Morgan fingerprint density at radius 3 is 1.42 bits per heavy atom. The molecule has 11 nitrogen and oxygen atoms in total. The lowest BCUT2D eigenvalue weighted by atomic mass is 10.1. The maximum Gasteiger partial charge on any atom is 0.305 e. The monoisotopic (exact) mass is 609 g/mol. The molecule has 1 heterocycles. The second kappa shape index (κ2) is 25.0. The van der Waals surface area contributed by atoms with Crippen LogP contribution in [-0.2, 0) is 38.0 Å². The summed E-state index contributed by atoms with van der Waals surface area (Å²) in [6.45, 7) is 7.72. The van der Waals surface area contributed by atoms with Gasteiger partial charge in [0.25, 0.3) is 11.8 Å². The molecule has 2 rings (SSSR count). The van der Waals surface area contributed by atoms with E-state index in [-0.39, 0.29) is 37.5 Å². The molecule has 43 heavy (non-hydrogen) atoms. The van der Waals surface area contributed by atoms with Crippen LogP contribution in [-0.4, -0.2) is 115 Å². The number of ether oxygens (including phenoxy) is 7. The van der Waals surface area contributed by atoms with Crippen LogP contribution in [0.3, 0.4) is 0 Å². The predicted octanol–water partition coefficient (Wildman–Crippen LogP) is 4.07. The molecule has 0 aromatic heterocycles. The Kier molecular flexibility index (Phi) is 21.4. The number of esters is 1. The smallest absolute Gasteiger partial charge is 0.305 e. The van der Waals surface area contributed by atoms with Crippen LogP contribution in [0, 0.1) is 0 Å². The maximum atomic E-state index is 12.3. The van der Waals surface area contributed by atoms with Crippen molar-refractivity contribution in [3.63, 3.8) is 0 Å². The highest BCUT2D eigenvalue weighted by Gasteiger charge is 2.34. The SMILES string of the molecule is CCCCCCCCCC(=O)OCCOCCOCCOCCOCCOCCOCCN1C(=O)c2ccccc2C1=O. The topological polar surface area (TPSA) is 119 Å². The molecule has 1 aliphatic heterocycles. The minimum atomic E-state index is -0.277. The number of hydrogen-bond acceptors (Lipinski definition) is 10. The van der Waals surface area contributed by atoms with Crippen molar-refractivity contribution in [2.75, 3.05) is 92.4 Å². The van der Waals surface area contributed by atoms with Crippen molar-refractivity contribution in [3.8, 4) is 0 Å². The number of amides is 2. The first kappa shape index (κ1) is 36.8. The quantitative estimate of drug-likeness (QED) is 0.0747. The van der Waals surface area contributed by atoms with Gasteiger partial charge < -0.3 is 33.2 Å². The molecule has 0 aliphatic carbocycles. The van der Waals surface area contributed by atoms with Crippen molar-refractivity contribution >= 4 is 17.8 Å². The van der Waals surface area contributed by atoms with Gasteiger partial charge in [0.05, 0.1) is 97.0 Å². The van der Waals surface area contributed by atoms with Crippen molar-refractivity contribution < 1.29 is 47.5 Å². The van der Waals surface area contributed by atoms with Crippen molar-refractivity contribution in [2.45, 2.75) is 58.3 Å². The molecule has 0 radical (unpaired) electrons. The predicted molar refractivity (Wildman–Crippen MR) is 160 cm³/mol. The molecule has 0 atom stereocenters. The van der Waals surface area contributed by atoms with Gasteiger partial charge >= 0.3 is 5.97 Å². The molecule has 0 unspecified atom stereocenters. The molecule has 1 aromatic rings. The highest BCUT2D eigenvalue weighted by molar-refractivity contribution is 6.21. The van der Waals surface area contributed by atoms with Crippen LogP contribution in [0.4, 0.5) is 0 Å². The number of hydrogen-bond donors (Lipinski definition) is 0. The van der Waals surface area contributed by atoms with E-state index in [0.29, 0.717) is 90.2 Å². The zero-order valence-electron chi connectivity index (χ0n) is 25.9. The first-order chi connectivity index (χ1) is 21.1. The van der Waals surface area contributed by atoms with Crippen molar-refractivity contribution in [3.05, 3.63) is 35.4 Å². The second-order valence-corrected chi connectivity index (χ2v) is 10.1. The van der Waals surface area contributed by atoms with Gasteiger partial charge in [-0.1, -0.05) is 57.6 Å². The van der Waals surface area contributed by atoms with E-state index in [1.54, 1.807) is 24.3 Å². The Hall–Kier alpha value is -2.41. The third kappa shape index (κ3) is 16.9. The Balaban J connectivity index is 1.23. The number of imide groups is 1. The van der Waals surface area contributed by atoms with Gasteiger partial charge in [-0.05, 0) is 18.6 Å². The highest BCUT2D eigenvalue weighted by Crippen LogP contribution is 2.21. The molecule has 2 amide bonds. The molecule has 11 heteroatoms.